The van der Waals surface area contributed by atoms with Gasteiger partial charge in [0, 0.05) is 17.7 Å². The summed E-state index contributed by atoms with van der Waals surface area (Å²) in [4.78, 5) is 9.07. The van der Waals surface area contributed by atoms with Crippen LogP contribution in [-0.2, 0) is 12.8 Å². The number of aryl methyl sites for hydroxylation is 2. The van der Waals surface area contributed by atoms with Gasteiger partial charge in [0.1, 0.15) is 11.6 Å². The smallest absolute Gasteiger partial charge is 0.143 e. The second-order valence-electron chi connectivity index (χ2n) is 5.11. The lowest BCUT2D eigenvalue weighted by Gasteiger charge is -2.23. The normalized spacial score (nSPS) is 17.9. The summed E-state index contributed by atoms with van der Waals surface area (Å²) in [5.41, 5.74) is 6.45. The third-order valence-electron chi connectivity index (χ3n) is 3.73. The van der Waals surface area contributed by atoms with E-state index in [1.165, 1.54) is 11.1 Å². The Morgan fingerprint density at radius 2 is 2.00 bits per heavy atom. The standard InChI is InChI=1S/C15H18N4/c1-10-8-14(19-16)18-15(17-10)13-7-6-11-4-2-3-5-12(11)9-13/h2-5,8,13H,6-7,9,16H2,1H3,(H,17,18,19). The maximum Gasteiger partial charge on any atom is 0.143 e. The Hall–Kier alpha value is -1.94. The molecule has 0 aliphatic heterocycles. The van der Waals surface area contributed by atoms with E-state index in [4.69, 9.17) is 5.84 Å². The molecule has 1 unspecified atom stereocenters. The van der Waals surface area contributed by atoms with Crippen LogP contribution < -0.4 is 11.3 Å². The van der Waals surface area contributed by atoms with Gasteiger partial charge in [-0.1, -0.05) is 24.3 Å². The number of benzene rings is 1. The Morgan fingerprint density at radius 3 is 2.79 bits per heavy atom. The highest BCUT2D eigenvalue weighted by Crippen LogP contribution is 2.31. The molecule has 3 N–H and O–H groups in total. The molecule has 1 aliphatic rings. The van der Waals surface area contributed by atoms with Crippen LogP contribution in [0.1, 0.15) is 35.0 Å². The Bertz CT molecular complexity index is 594. The van der Waals surface area contributed by atoms with Crippen molar-refractivity contribution >= 4 is 5.82 Å². The van der Waals surface area contributed by atoms with Gasteiger partial charge in [-0.2, -0.15) is 0 Å². The molecule has 1 aromatic carbocycles. The first-order chi connectivity index (χ1) is 9.26. The largest absolute Gasteiger partial charge is 0.308 e. The number of nitrogens with zero attached hydrogens (tertiary/aromatic N) is 2. The number of hydrazine groups is 1. The quantitative estimate of drug-likeness (QED) is 0.638. The molecule has 19 heavy (non-hydrogen) atoms. The number of nitrogens with two attached hydrogens (primary N) is 1. The zero-order valence-electron chi connectivity index (χ0n) is 11.1. The Morgan fingerprint density at radius 1 is 1.21 bits per heavy atom. The van der Waals surface area contributed by atoms with Crippen molar-refractivity contribution in [1.29, 1.82) is 0 Å². The third-order valence-corrected chi connectivity index (χ3v) is 3.73. The molecule has 4 nitrogen and oxygen atoms in total. The molecule has 0 fully saturated rings. The number of rotatable bonds is 2. The lowest BCUT2D eigenvalue weighted by atomic mass is 9.83. The predicted octanol–water partition coefficient (Wildman–Crippen LogP) is 2.34. The van der Waals surface area contributed by atoms with Crippen molar-refractivity contribution in [2.45, 2.75) is 32.1 Å². The fourth-order valence-electron chi connectivity index (χ4n) is 2.77. The maximum atomic E-state index is 5.45. The van der Waals surface area contributed by atoms with Crippen LogP contribution in [-0.4, -0.2) is 9.97 Å². The highest BCUT2D eigenvalue weighted by Gasteiger charge is 2.22. The van der Waals surface area contributed by atoms with Crippen molar-refractivity contribution in [3.8, 4) is 0 Å². The molecule has 4 heteroatoms. The highest BCUT2D eigenvalue weighted by molar-refractivity contribution is 5.36. The van der Waals surface area contributed by atoms with Crippen LogP contribution in [0.3, 0.4) is 0 Å². The molecule has 2 aromatic rings. The first-order valence-electron chi connectivity index (χ1n) is 6.65. The average Bonchev–Trinajstić information content (AvgIpc) is 2.46. The van der Waals surface area contributed by atoms with Crippen molar-refractivity contribution in [2.75, 3.05) is 5.43 Å². The molecular weight excluding hydrogens is 236 g/mol. The molecule has 3 rings (SSSR count). The second kappa shape index (κ2) is 4.97. The topological polar surface area (TPSA) is 63.8 Å². The van der Waals surface area contributed by atoms with Crippen LogP contribution >= 0.6 is 0 Å². The van der Waals surface area contributed by atoms with Crippen LogP contribution in [0.5, 0.6) is 0 Å². The van der Waals surface area contributed by atoms with Crippen molar-refractivity contribution in [2.24, 2.45) is 5.84 Å². The van der Waals surface area contributed by atoms with Crippen molar-refractivity contribution < 1.29 is 0 Å². The van der Waals surface area contributed by atoms with E-state index in [9.17, 15) is 0 Å². The first-order valence-corrected chi connectivity index (χ1v) is 6.65. The molecule has 98 valence electrons. The SMILES string of the molecule is Cc1cc(NN)nc(C2CCc3ccccc3C2)n1. The van der Waals surface area contributed by atoms with Crippen LogP contribution in [0.2, 0.25) is 0 Å². The minimum atomic E-state index is 0.391. The molecule has 0 radical (unpaired) electrons. The van der Waals surface area contributed by atoms with E-state index in [-0.39, 0.29) is 0 Å². The number of nitrogen functional groups attached to an aromatic ring is 1. The van der Waals surface area contributed by atoms with Gasteiger partial charge in [-0.15, -0.1) is 0 Å². The molecule has 0 bridgehead atoms. The van der Waals surface area contributed by atoms with Gasteiger partial charge >= 0.3 is 0 Å². The van der Waals surface area contributed by atoms with Crippen molar-refractivity contribution in [3.05, 3.63) is 53.0 Å². The van der Waals surface area contributed by atoms with E-state index in [2.05, 4.69) is 39.7 Å². The summed E-state index contributed by atoms with van der Waals surface area (Å²) in [6.45, 7) is 1.97. The average molecular weight is 254 g/mol. The van der Waals surface area contributed by atoms with Crippen LogP contribution in [0, 0.1) is 6.92 Å². The van der Waals surface area contributed by atoms with Crippen molar-refractivity contribution in [1.82, 2.24) is 9.97 Å². The summed E-state index contributed by atoms with van der Waals surface area (Å²) in [7, 11) is 0. The number of anilines is 1. The van der Waals surface area contributed by atoms with E-state index in [0.717, 1.165) is 30.8 Å². The van der Waals surface area contributed by atoms with Crippen molar-refractivity contribution in [3.63, 3.8) is 0 Å². The fraction of sp³-hybridized carbons (Fsp3) is 0.333. The summed E-state index contributed by atoms with van der Waals surface area (Å²) >= 11 is 0. The van der Waals surface area contributed by atoms with Gasteiger partial charge in [-0.05, 0) is 37.3 Å². The Balaban J connectivity index is 1.90. The predicted molar refractivity (Wildman–Crippen MR) is 75.8 cm³/mol. The van der Waals surface area contributed by atoms with E-state index in [1.54, 1.807) is 0 Å². The number of aromatic nitrogens is 2. The zero-order chi connectivity index (χ0) is 13.2. The maximum absolute atomic E-state index is 5.45. The second-order valence-corrected chi connectivity index (χ2v) is 5.11. The lowest BCUT2D eigenvalue weighted by Crippen LogP contribution is -2.17. The van der Waals surface area contributed by atoms with Crippen LogP contribution in [0.25, 0.3) is 0 Å². The zero-order valence-corrected chi connectivity index (χ0v) is 11.1. The monoisotopic (exact) mass is 254 g/mol. The summed E-state index contributed by atoms with van der Waals surface area (Å²) < 4.78 is 0. The molecule has 1 aromatic heterocycles. The van der Waals surface area contributed by atoms with Gasteiger partial charge in [0.2, 0.25) is 0 Å². The van der Waals surface area contributed by atoms with Gasteiger partial charge in [0.25, 0.3) is 0 Å². The summed E-state index contributed by atoms with van der Waals surface area (Å²) in [6.07, 6.45) is 3.22. The van der Waals surface area contributed by atoms with Crippen LogP contribution in [0.4, 0.5) is 5.82 Å². The van der Waals surface area contributed by atoms with Gasteiger partial charge in [-0.25, -0.2) is 15.8 Å². The number of hydrogen-bond acceptors (Lipinski definition) is 4. The van der Waals surface area contributed by atoms with Crippen LogP contribution in [0.15, 0.2) is 30.3 Å². The van der Waals surface area contributed by atoms with Gasteiger partial charge < -0.3 is 5.43 Å². The van der Waals surface area contributed by atoms with E-state index >= 15 is 0 Å². The Labute approximate surface area is 113 Å². The molecule has 1 aliphatic carbocycles. The molecule has 0 saturated carbocycles. The molecular formula is C15H18N4. The fourth-order valence-corrected chi connectivity index (χ4v) is 2.77. The minimum Gasteiger partial charge on any atom is -0.308 e. The van der Waals surface area contributed by atoms with E-state index < -0.39 is 0 Å². The molecule has 0 saturated heterocycles. The number of fused-ring (bicyclic) bond motifs is 1. The first kappa shape index (κ1) is 12.1. The summed E-state index contributed by atoms with van der Waals surface area (Å²) in [6, 6.07) is 10.5. The highest BCUT2D eigenvalue weighted by atomic mass is 15.3. The van der Waals surface area contributed by atoms with Gasteiger partial charge in [0.15, 0.2) is 0 Å². The lowest BCUT2D eigenvalue weighted by molar-refractivity contribution is 0.554. The molecule has 1 atom stereocenters. The van der Waals surface area contributed by atoms with E-state index in [0.29, 0.717) is 11.7 Å². The molecule has 0 spiro atoms. The summed E-state index contributed by atoms with van der Waals surface area (Å²) in [5.74, 6) is 7.44. The minimum absolute atomic E-state index is 0.391. The molecule has 1 heterocycles. The number of nitrogens with one attached hydrogen (secondary N) is 1. The van der Waals surface area contributed by atoms with Gasteiger partial charge in [-0.3, -0.25) is 0 Å². The Kier molecular flexibility index (Phi) is 3.17. The molecule has 0 amide bonds. The van der Waals surface area contributed by atoms with Gasteiger partial charge in [0.05, 0.1) is 0 Å². The third kappa shape index (κ3) is 2.44. The van der Waals surface area contributed by atoms with E-state index in [1.807, 2.05) is 13.0 Å². The number of hydrogen-bond donors (Lipinski definition) is 2. The summed E-state index contributed by atoms with van der Waals surface area (Å²) in [5, 5.41) is 0.